The van der Waals surface area contributed by atoms with E-state index < -0.39 is 13.7 Å². The number of phenolic OH excluding ortho intramolecular Hbond substituents is 1. The molecule has 37 heavy (non-hydrogen) atoms. The normalized spacial score (nSPS) is 11.2. The second-order valence-corrected chi connectivity index (χ2v) is 10.5. The van der Waals surface area contributed by atoms with Crippen molar-refractivity contribution in [3.63, 3.8) is 0 Å². The van der Waals surface area contributed by atoms with Crippen LogP contribution in [0.4, 0.5) is 10.5 Å². The molecule has 3 aromatic rings. The molecule has 0 saturated carbocycles. The van der Waals surface area contributed by atoms with Crippen LogP contribution in [0.2, 0.25) is 0 Å². The predicted molar refractivity (Wildman–Crippen MR) is 143 cm³/mol. The summed E-state index contributed by atoms with van der Waals surface area (Å²) in [6.07, 6.45) is -0.284. The number of amides is 1. The first-order valence-electron chi connectivity index (χ1n) is 12.1. The Morgan fingerprint density at radius 3 is 2.22 bits per heavy atom. The average molecular weight is 528 g/mol. The molecular weight excluding hydrogens is 493 g/mol. The molecular formula is C28H34NO7P. The van der Waals surface area contributed by atoms with E-state index in [1.165, 1.54) is 6.07 Å². The summed E-state index contributed by atoms with van der Waals surface area (Å²) < 4.78 is 34.4. The zero-order valence-electron chi connectivity index (χ0n) is 21.7. The zero-order chi connectivity index (χ0) is 26.8. The van der Waals surface area contributed by atoms with Gasteiger partial charge in [-0.1, -0.05) is 36.4 Å². The molecule has 0 spiro atoms. The monoisotopic (exact) mass is 527 g/mol. The molecule has 0 atom stereocenters. The van der Waals surface area contributed by atoms with Crippen molar-refractivity contribution in [2.45, 2.75) is 40.7 Å². The van der Waals surface area contributed by atoms with Gasteiger partial charge in [-0.25, -0.2) is 4.79 Å². The molecule has 0 bridgehead atoms. The molecule has 3 rings (SSSR count). The summed E-state index contributed by atoms with van der Waals surface area (Å²) in [5.74, 6) is 0.597. The minimum absolute atomic E-state index is 0.0346. The van der Waals surface area contributed by atoms with E-state index in [0.717, 1.165) is 27.8 Å². The van der Waals surface area contributed by atoms with Gasteiger partial charge in [0.1, 0.15) is 18.1 Å². The lowest BCUT2D eigenvalue weighted by molar-refractivity contribution is 0.155. The Balaban J connectivity index is 1.72. The number of hydrogen-bond acceptors (Lipinski definition) is 7. The lowest BCUT2D eigenvalue weighted by atomic mass is 9.95. The number of nitrogens with one attached hydrogen (secondary N) is 1. The fourth-order valence-corrected chi connectivity index (χ4v) is 5.19. The Bertz CT molecular complexity index is 1210. The highest BCUT2D eigenvalue weighted by molar-refractivity contribution is 7.53. The largest absolute Gasteiger partial charge is 0.508 e. The molecule has 2 N–H and O–H groups in total. The van der Waals surface area contributed by atoms with Gasteiger partial charge < -0.3 is 23.6 Å². The molecule has 0 aromatic heterocycles. The second kappa shape index (κ2) is 13.3. The van der Waals surface area contributed by atoms with Crippen LogP contribution in [0.15, 0.2) is 60.7 Å². The van der Waals surface area contributed by atoms with Gasteiger partial charge in [-0.2, -0.15) is 0 Å². The van der Waals surface area contributed by atoms with Crippen LogP contribution in [0.5, 0.6) is 11.5 Å². The minimum Gasteiger partial charge on any atom is -0.508 e. The number of carbonyl (C=O) groups is 1. The van der Waals surface area contributed by atoms with Crippen molar-refractivity contribution in [2.75, 3.05) is 24.9 Å². The van der Waals surface area contributed by atoms with E-state index in [4.69, 9.17) is 18.5 Å². The van der Waals surface area contributed by atoms with Crippen LogP contribution in [0, 0.1) is 13.8 Å². The van der Waals surface area contributed by atoms with Crippen LogP contribution < -0.4 is 10.1 Å². The molecule has 0 saturated heterocycles. The molecule has 1 amide bonds. The Hall–Kier alpha value is -3.32. The molecule has 0 heterocycles. The Morgan fingerprint density at radius 1 is 0.946 bits per heavy atom. The zero-order valence-corrected chi connectivity index (χ0v) is 22.5. The Kier molecular flexibility index (Phi) is 10.1. The van der Waals surface area contributed by atoms with Crippen molar-refractivity contribution in [2.24, 2.45) is 0 Å². The predicted octanol–water partition coefficient (Wildman–Crippen LogP) is 6.95. The average Bonchev–Trinajstić information content (AvgIpc) is 2.86. The number of anilines is 1. The third kappa shape index (κ3) is 8.35. The maximum Gasteiger partial charge on any atom is 0.411 e. The van der Waals surface area contributed by atoms with Crippen LogP contribution in [-0.4, -0.2) is 30.8 Å². The molecule has 9 heteroatoms. The maximum absolute atomic E-state index is 12.7. The van der Waals surface area contributed by atoms with Crippen molar-refractivity contribution in [1.82, 2.24) is 0 Å². The first-order chi connectivity index (χ1) is 17.7. The standard InChI is InChI=1S/C28H34NO7P/c1-5-35-37(32,36-6-2)19-34-25-14-20(3)26(21(4)15-25)16-23-12-13-24(30)17-27(23)29-28(31)33-18-22-10-8-7-9-11-22/h7-15,17,30H,5-6,16,18-19H2,1-4H3,(H,29,31). The number of carbonyl (C=O) groups excluding carboxylic acids is 1. The van der Waals surface area contributed by atoms with Crippen LogP contribution >= 0.6 is 7.60 Å². The summed E-state index contributed by atoms with van der Waals surface area (Å²) >= 11 is 0. The van der Waals surface area contributed by atoms with Crippen LogP contribution in [0.1, 0.15) is 41.7 Å². The number of aromatic hydroxyl groups is 1. The van der Waals surface area contributed by atoms with Gasteiger partial charge in [-0.15, -0.1) is 0 Å². The minimum atomic E-state index is -3.33. The summed E-state index contributed by atoms with van der Waals surface area (Å²) in [6.45, 7) is 8.10. The van der Waals surface area contributed by atoms with Crippen molar-refractivity contribution >= 4 is 19.4 Å². The summed E-state index contributed by atoms with van der Waals surface area (Å²) in [6, 6.07) is 18.0. The highest BCUT2D eigenvalue weighted by atomic mass is 31.2. The van der Waals surface area contributed by atoms with Gasteiger partial charge in [0.05, 0.1) is 18.9 Å². The van der Waals surface area contributed by atoms with Crippen molar-refractivity contribution < 1.29 is 33.0 Å². The Labute approximate surface area is 218 Å². The van der Waals surface area contributed by atoms with E-state index >= 15 is 0 Å². The van der Waals surface area contributed by atoms with Gasteiger partial charge in [0.15, 0.2) is 6.35 Å². The first kappa shape index (κ1) is 28.3. The summed E-state index contributed by atoms with van der Waals surface area (Å²) in [5, 5.41) is 12.8. The maximum atomic E-state index is 12.7. The van der Waals surface area contributed by atoms with E-state index in [9.17, 15) is 14.5 Å². The van der Waals surface area contributed by atoms with Crippen molar-refractivity contribution in [3.8, 4) is 11.5 Å². The molecule has 0 aliphatic heterocycles. The highest BCUT2D eigenvalue weighted by Crippen LogP contribution is 2.48. The third-order valence-electron chi connectivity index (χ3n) is 5.62. The highest BCUT2D eigenvalue weighted by Gasteiger charge is 2.25. The van der Waals surface area contributed by atoms with Gasteiger partial charge in [0.25, 0.3) is 0 Å². The smallest absolute Gasteiger partial charge is 0.411 e. The van der Waals surface area contributed by atoms with E-state index in [-0.39, 0.29) is 31.9 Å². The molecule has 0 unspecified atom stereocenters. The molecule has 8 nitrogen and oxygen atoms in total. The molecule has 0 aliphatic carbocycles. The van der Waals surface area contributed by atoms with Crippen molar-refractivity contribution in [3.05, 3.63) is 88.5 Å². The molecule has 0 aliphatic rings. The quantitative estimate of drug-likeness (QED) is 0.246. The first-order valence-corrected chi connectivity index (χ1v) is 13.9. The van der Waals surface area contributed by atoms with Gasteiger partial charge in [-0.3, -0.25) is 9.88 Å². The van der Waals surface area contributed by atoms with E-state index in [1.54, 1.807) is 26.0 Å². The van der Waals surface area contributed by atoms with E-state index in [0.29, 0.717) is 17.9 Å². The fourth-order valence-electron chi connectivity index (χ4n) is 3.87. The van der Waals surface area contributed by atoms with E-state index in [1.807, 2.05) is 56.3 Å². The van der Waals surface area contributed by atoms with Crippen LogP contribution in [0.25, 0.3) is 0 Å². The van der Waals surface area contributed by atoms with Crippen LogP contribution in [-0.2, 0) is 31.4 Å². The summed E-state index contributed by atoms with van der Waals surface area (Å²) in [5.41, 5.74) is 5.11. The number of hydrogen-bond donors (Lipinski definition) is 2. The topological polar surface area (TPSA) is 103 Å². The van der Waals surface area contributed by atoms with Gasteiger partial charge >= 0.3 is 13.7 Å². The van der Waals surface area contributed by atoms with Gasteiger partial charge in [0, 0.05) is 12.5 Å². The fraction of sp³-hybridized carbons (Fsp3) is 0.321. The van der Waals surface area contributed by atoms with E-state index in [2.05, 4.69) is 5.32 Å². The SMILES string of the molecule is CCOP(=O)(COc1cc(C)c(Cc2ccc(O)cc2NC(=O)OCc2ccccc2)c(C)c1)OCC. The second-order valence-electron chi connectivity index (χ2n) is 8.46. The molecule has 0 radical (unpaired) electrons. The number of aryl methyl sites for hydroxylation is 2. The van der Waals surface area contributed by atoms with Crippen molar-refractivity contribution in [1.29, 1.82) is 0 Å². The third-order valence-corrected chi connectivity index (χ3v) is 7.37. The summed E-state index contributed by atoms with van der Waals surface area (Å²) in [4.78, 5) is 12.5. The molecule has 3 aromatic carbocycles. The number of ether oxygens (including phenoxy) is 2. The molecule has 0 fully saturated rings. The number of rotatable bonds is 12. The van der Waals surface area contributed by atoms with Gasteiger partial charge in [-0.05, 0) is 73.7 Å². The number of phenols is 1. The lowest BCUT2D eigenvalue weighted by Gasteiger charge is -2.19. The van der Waals surface area contributed by atoms with Crippen LogP contribution in [0.3, 0.4) is 0 Å². The molecule has 198 valence electrons. The van der Waals surface area contributed by atoms with Gasteiger partial charge in [0.2, 0.25) is 0 Å². The lowest BCUT2D eigenvalue weighted by Crippen LogP contribution is -2.15. The Morgan fingerprint density at radius 2 is 1.59 bits per heavy atom. The summed E-state index contributed by atoms with van der Waals surface area (Å²) in [7, 11) is -3.33. The number of benzene rings is 3.